The molecule has 0 atom stereocenters. The molecule has 1 aromatic carbocycles. The lowest BCUT2D eigenvalue weighted by Gasteiger charge is -2.03. The Bertz CT molecular complexity index is 664. The third kappa shape index (κ3) is 2.24. The summed E-state index contributed by atoms with van der Waals surface area (Å²) in [7, 11) is 0. The Kier molecular flexibility index (Phi) is 3.02. The average Bonchev–Trinajstić information content (AvgIpc) is 2.89. The van der Waals surface area contributed by atoms with Crippen molar-refractivity contribution in [2.75, 3.05) is 13.1 Å². The van der Waals surface area contributed by atoms with Gasteiger partial charge < -0.3 is 10.3 Å². The maximum Gasteiger partial charge on any atom is 0.271 e. The van der Waals surface area contributed by atoms with Crippen LogP contribution in [0.1, 0.15) is 5.69 Å². The summed E-state index contributed by atoms with van der Waals surface area (Å²) in [5.74, 6) is 0.534. The molecular formula is C12H12N4OS. The van der Waals surface area contributed by atoms with E-state index in [1.165, 1.54) is 11.8 Å². The smallest absolute Gasteiger partial charge is 0.271 e. The van der Waals surface area contributed by atoms with Crippen LogP contribution in [-0.2, 0) is 5.75 Å². The molecular weight excluding hydrogens is 248 g/mol. The van der Waals surface area contributed by atoms with E-state index in [0.717, 1.165) is 29.3 Å². The molecule has 0 aliphatic carbocycles. The highest BCUT2D eigenvalue weighted by Gasteiger charge is 2.09. The van der Waals surface area contributed by atoms with Crippen molar-refractivity contribution in [3.8, 4) is 0 Å². The number of fused-ring (bicyclic) bond motifs is 1. The zero-order valence-electron chi connectivity index (χ0n) is 9.64. The molecule has 0 fully saturated rings. The van der Waals surface area contributed by atoms with Gasteiger partial charge in [-0.2, -0.15) is 0 Å². The fraction of sp³-hybridized carbons (Fsp3) is 0.250. The number of H-pyrrole nitrogens is 1. The number of para-hydroxylation sites is 2. The van der Waals surface area contributed by atoms with E-state index < -0.39 is 0 Å². The molecule has 0 radical (unpaired) electrons. The first-order valence-electron chi connectivity index (χ1n) is 5.72. The molecule has 0 bridgehead atoms. The summed E-state index contributed by atoms with van der Waals surface area (Å²) in [4.78, 5) is 23.3. The zero-order valence-corrected chi connectivity index (χ0v) is 10.5. The molecule has 1 aliphatic heterocycles. The van der Waals surface area contributed by atoms with E-state index >= 15 is 0 Å². The summed E-state index contributed by atoms with van der Waals surface area (Å²) in [6.45, 7) is 1.69. The van der Waals surface area contributed by atoms with Gasteiger partial charge >= 0.3 is 0 Å². The molecule has 2 aromatic rings. The van der Waals surface area contributed by atoms with E-state index in [2.05, 4.69) is 20.3 Å². The fourth-order valence-electron chi connectivity index (χ4n) is 1.77. The van der Waals surface area contributed by atoms with Crippen molar-refractivity contribution in [1.29, 1.82) is 0 Å². The lowest BCUT2D eigenvalue weighted by Crippen LogP contribution is -2.18. The number of aliphatic imine (C=N–C) groups is 1. The first-order valence-corrected chi connectivity index (χ1v) is 6.70. The Labute approximate surface area is 108 Å². The molecule has 92 valence electrons. The van der Waals surface area contributed by atoms with Gasteiger partial charge in [0.15, 0.2) is 5.17 Å². The van der Waals surface area contributed by atoms with Gasteiger partial charge in [-0.3, -0.25) is 9.79 Å². The van der Waals surface area contributed by atoms with Crippen LogP contribution < -0.4 is 10.9 Å². The normalized spacial score (nSPS) is 14.6. The van der Waals surface area contributed by atoms with Crippen LogP contribution in [0.15, 0.2) is 34.1 Å². The molecule has 0 unspecified atom stereocenters. The van der Waals surface area contributed by atoms with E-state index in [-0.39, 0.29) is 5.56 Å². The Morgan fingerprint density at radius 3 is 3.06 bits per heavy atom. The van der Waals surface area contributed by atoms with E-state index in [9.17, 15) is 4.79 Å². The number of rotatable bonds is 2. The second-order valence-electron chi connectivity index (χ2n) is 3.93. The molecule has 0 saturated heterocycles. The van der Waals surface area contributed by atoms with Gasteiger partial charge in [0, 0.05) is 12.3 Å². The molecule has 1 aliphatic rings. The van der Waals surface area contributed by atoms with Crippen molar-refractivity contribution >= 4 is 28.0 Å². The van der Waals surface area contributed by atoms with Gasteiger partial charge in [-0.15, -0.1) is 0 Å². The number of aromatic nitrogens is 2. The average molecular weight is 260 g/mol. The summed E-state index contributed by atoms with van der Waals surface area (Å²) < 4.78 is 0. The van der Waals surface area contributed by atoms with Crippen molar-refractivity contribution in [1.82, 2.24) is 15.3 Å². The highest BCUT2D eigenvalue weighted by atomic mass is 32.2. The predicted molar refractivity (Wildman–Crippen MR) is 74.0 cm³/mol. The number of thioether (sulfide) groups is 1. The minimum atomic E-state index is -0.125. The van der Waals surface area contributed by atoms with Crippen LogP contribution in [0.5, 0.6) is 0 Å². The van der Waals surface area contributed by atoms with Gasteiger partial charge in [-0.1, -0.05) is 23.9 Å². The lowest BCUT2D eigenvalue weighted by molar-refractivity contribution is 0.963. The third-order valence-corrected chi connectivity index (χ3v) is 3.62. The van der Waals surface area contributed by atoms with E-state index in [4.69, 9.17) is 0 Å². The van der Waals surface area contributed by atoms with E-state index in [0.29, 0.717) is 11.4 Å². The predicted octanol–water partition coefficient (Wildman–Crippen LogP) is 1.12. The minimum Gasteiger partial charge on any atom is -0.363 e. The number of benzene rings is 1. The first-order chi connectivity index (χ1) is 8.83. The van der Waals surface area contributed by atoms with Crippen molar-refractivity contribution in [2.24, 2.45) is 4.99 Å². The quantitative estimate of drug-likeness (QED) is 0.848. The maximum absolute atomic E-state index is 11.8. The molecule has 1 aromatic heterocycles. The number of nitrogens with one attached hydrogen (secondary N) is 2. The van der Waals surface area contributed by atoms with Crippen LogP contribution in [0.4, 0.5) is 0 Å². The van der Waals surface area contributed by atoms with Gasteiger partial charge in [-0.25, -0.2) is 4.98 Å². The second-order valence-corrected chi connectivity index (χ2v) is 4.90. The second kappa shape index (κ2) is 4.81. The Morgan fingerprint density at radius 2 is 2.22 bits per heavy atom. The van der Waals surface area contributed by atoms with Gasteiger partial charge in [0.2, 0.25) is 0 Å². The molecule has 3 rings (SSSR count). The molecule has 18 heavy (non-hydrogen) atoms. The van der Waals surface area contributed by atoms with Crippen LogP contribution >= 0.6 is 11.8 Å². The Balaban J connectivity index is 1.87. The zero-order chi connectivity index (χ0) is 12.4. The first kappa shape index (κ1) is 11.3. The summed E-state index contributed by atoms with van der Waals surface area (Å²) in [6.07, 6.45) is 0. The SMILES string of the molecule is O=c1[nH]c2ccccc2nc1CSC1=NCCN1. The molecule has 0 amide bonds. The van der Waals surface area contributed by atoms with Crippen LogP contribution in [0.3, 0.4) is 0 Å². The Hall–Kier alpha value is -1.82. The number of hydrogen-bond donors (Lipinski definition) is 2. The van der Waals surface area contributed by atoms with Crippen molar-refractivity contribution in [3.05, 3.63) is 40.3 Å². The number of hydrogen-bond acceptors (Lipinski definition) is 5. The number of nitrogens with zero attached hydrogens (tertiary/aromatic N) is 2. The summed E-state index contributed by atoms with van der Waals surface area (Å²) in [6, 6.07) is 7.53. The number of amidine groups is 1. The standard InChI is InChI=1S/C12H12N4OS/c17-11-10(7-18-12-13-5-6-14-12)15-8-3-1-2-4-9(8)16-11/h1-4H,5-7H2,(H,13,14)(H,16,17). The van der Waals surface area contributed by atoms with Crippen molar-refractivity contribution in [3.63, 3.8) is 0 Å². The largest absolute Gasteiger partial charge is 0.363 e. The minimum absolute atomic E-state index is 0.125. The maximum atomic E-state index is 11.8. The summed E-state index contributed by atoms with van der Waals surface area (Å²) in [5.41, 5.74) is 2.00. The van der Waals surface area contributed by atoms with Crippen molar-refractivity contribution < 1.29 is 0 Å². The molecule has 2 N–H and O–H groups in total. The van der Waals surface area contributed by atoms with E-state index in [1.54, 1.807) is 0 Å². The number of aromatic amines is 1. The summed E-state index contributed by atoms with van der Waals surface area (Å²) >= 11 is 1.52. The van der Waals surface area contributed by atoms with Crippen LogP contribution in [0.25, 0.3) is 11.0 Å². The lowest BCUT2D eigenvalue weighted by atomic mass is 10.3. The molecule has 5 nitrogen and oxygen atoms in total. The molecule has 0 saturated carbocycles. The van der Waals surface area contributed by atoms with Crippen LogP contribution in [0, 0.1) is 0 Å². The van der Waals surface area contributed by atoms with E-state index in [1.807, 2.05) is 24.3 Å². The molecule has 6 heteroatoms. The third-order valence-electron chi connectivity index (χ3n) is 2.66. The van der Waals surface area contributed by atoms with Gasteiger partial charge in [0.1, 0.15) is 5.69 Å². The highest BCUT2D eigenvalue weighted by molar-refractivity contribution is 8.13. The van der Waals surface area contributed by atoms with Crippen LogP contribution in [-0.4, -0.2) is 28.2 Å². The van der Waals surface area contributed by atoms with Gasteiger partial charge in [0.05, 0.1) is 17.6 Å². The molecule has 0 spiro atoms. The highest BCUT2D eigenvalue weighted by Crippen LogP contribution is 2.12. The summed E-state index contributed by atoms with van der Waals surface area (Å²) in [5, 5.41) is 4.05. The topological polar surface area (TPSA) is 70.1 Å². The fourth-order valence-corrected chi connectivity index (χ4v) is 2.63. The van der Waals surface area contributed by atoms with Crippen molar-refractivity contribution in [2.45, 2.75) is 5.75 Å². The Morgan fingerprint density at radius 1 is 1.33 bits per heavy atom. The monoisotopic (exact) mass is 260 g/mol. The van der Waals surface area contributed by atoms with Crippen LogP contribution in [0.2, 0.25) is 0 Å². The van der Waals surface area contributed by atoms with Gasteiger partial charge in [-0.05, 0) is 12.1 Å². The van der Waals surface area contributed by atoms with Gasteiger partial charge in [0.25, 0.3) is 5.56 Å². The molecule has 2 heterocycles.